The van der Waals surface area contributed by atoms with Crippen LogP contribution in [0.3, 0.4) is 0 Å². The molecule has 2 atom stereocenters. The molecule has 2 N–H and O–H groups in total. The summed E-state index contributed by atoms with van der Waals surface area (Å²) in [5.41, 5.74) is 7.38. The van der Waals surface area contributed by atoms with E-state index in [-0.39, 0.29) is 11.9 Å². The van der Waals surface area contributed by atoms with Crippen LogP contribution < -0.4 is 5.73 Å². The van der Waals surface area contributed by atoms with Crippen molar-refractivity contribution in [1.29, 1.82) is 5.26 Å². The van der Waals surface area contributed by atoms with E-state index < -0.39 is 11.5 Å². The molecule has 0 aliphatic carbocycles. The van der Waals surface area contributed by atoms with Crippen LogP contribution in [0.25, 0.3) is 10.8 Å². The number of hydrogen-bond donors (Lipinski definition) is 1. The van der Waals surface area contributed by atoms with Gasteiger partial charge in [0.05, 0.1) is 17.6 Å². The van der Waals surface area contributed by atoms with Gasteiger partial charge in [0, 0.05) is 7.05 Å². The summed E-state index contributed by atoms with van der Waals surface area (Å²) in [6, 6.07) is 23.4. The van der Waals surface area contributed by atoms with Crippen molar-refractivity contribution in [3.63, 3.8) is 0 Å². The van der Waals surface area contributed by atoms with Gasteiger partial charge in [0.1, 0.15) is 5.54 Å². The Morgan fingerprint density at radius 2 is 1.82 bits per heavy atom. The maximum Gasteiger partial charge on any atom is 0.239 e. The third-order valence-electron chi connectivity index (χ3n) is 5.54. The molecule has 0 fully saturated rings. The van der Waals surface area contributed by atoms with E-state index in [1.54, 1.807) is 19.2 Å². The highest BCUT2D eigenvalue weighted by Gasteiger charge is 2.47. The molecule has 0 unspecified atom stereocenters. The molecular weight excluding hydrogens is 348 g/mol. The van der Waals surface area contributed by atoms with E-state index in [4.69, 9.17) is 10.7 Å². The van der Waals surface area contributed by atoms with Crippen LogP contribution in [-0.2, 0) is 10.3 Å². The summed E-state index contributed by atoms with van der Waals surface area (Å²) in [6.07, 6.45) is 0. The smallest absolute Gasteiger partial charge is 0.239 e. The minimum atomic E-state index is -0.926. The first kappa shape index (κ1) is 17.7. The van der Waals surface area contributed by atoms with Crippen molar-refractivity contribution in [2.45, 2.75) is 18.4 Å². The average molecular weight is 368 g/mol. The second-order valence-electron chi connectivity index (χ2n) is 7.21. The van der Waals surface area contributed by atoms with Gasteiger partial charge in [0.2, 0.25) is 5.91 Å². The molecule has 0 saturated heterocycles. The van der Waals surface area contributed by atoms with Gasteiger partial charge in [-0.05, 0) is 41.0 Å². The normalized spacial score (nSPS) is 22.0. The zero-order valence-electron chi connectivity index (χ0n) is 15.8. The molecule has 0 radical (unpaired) electrons. The Kier molecular flexibility index (Phi) is 4.12. The lowest BCUT2D eigenvalue weighted by atomic mass is 9.73. The van der Waals surface area contributed by atoms with Crippen LogP contribution >= 0.6 is 0 Å². The zero-order valence-corrected chi connectivity index (χ0v) is 15.8. The monoisotopic (exact) mass is 368 g/mol. The molecular formula is C23H20N4O. The molecule has 3 aromatic rings. The van der Waals surface area contributed by atoms with Gasteiger partial charge in [0.15, 0.2) is 5.96 Å². The number of nitrogens with zero attached hydrogens (tertiary/aromatic N) is 3. The number of carbonyl (C=O) groups is 1. The topological polar surface area (TPSA) is 82.5 Å². The van der Waals surface area contributed by atoms with Crippen LogP contribution in [0.5, 0.6) is 0 Å². The number of nitrogens with two attached hydrogens (primary N) is 1. The quantitative estimate of drug-likeness (QED) is 0.751. The van der Waals surface area contributed by atoms with Crippen molar-refractivity contribution in [3.05, 3.63) is 83.4 Å². The van der Waals surface area contributed by atoms with Gasteiger partial charge in [0.25, 0.3) is 0 Å². The number of carbonyl (C=O) groups excluding carboxylic acids is 1. The van der Waals surface area contributed by atoms with Crippen molar-refractivity contribution < 1.29 is 4.79 Å². The summed E-state index contributed by atoms with van der Waals surface area (Å²) in [5.74, 6) is -0.509. The fourth-order valence-electron chi connectivity index (χ4n) is 4.00. The lowest BCUT2D eigenvalue weighted by Gasteiger charge is -2.41. The number of aliphatic imine (C=N–C) groups is 1. The number of benzene rings is 3. The minimum absolute atomic E-state index is 0.117. The molecule has 0 aromatic heterocycles. The highest BCUT2D eigenvalue weighted by Crippen LogP contribution is 2.45. The second kappa shape index (κ2) is 6.50. The van der Waals surface area contributed by atoms with Crippen LogP contribution in [-0.4, -0.2) is 23.8 Å². The van der Waals surface area contributed by atoms with E-state index in [0.29, 0.717) is 5.56 Å². The van der Waals surface area contributed by atoms with Crippen LogP contribution in [0.15, 0.2) is 71.7 Å². The summed E-state index contributed by atoms with van der Waals surface area (Å²) >= 11 is 0. The summed E-state index contributed by atoms with van der Waals surface area (Å²) in [5, 5.41) is 11.4. The van der Waals surface area contributed by atoms with E-state index in [2.05, 4.69) is 6.07 Å². The molecule has 28 heavy (non-hydrogen) atoms. The lowest BCUT2D eigenvalue weighted by molar-refractivity contribution is -0.130. The van der Waals surface area contributed by atoms with Crippen molar-refractivity contribution in [2.75, 3.05) is 7.05 Å². The van der Waals surface area contributed by atoms with Crippen molar-refractivity contribution in [2.24, 2.45) is 10.7 Å². The second-order valence-corrected chi connectivity index (χ2v) is 7.21. The zero-order chi connectivity index (χ0) is 19.9. The predicted octanol–water partition coefficient (Wildman–Crippen LogP) is 3.50. The van der Waals surface area contributed by atoms with E-state index in [0.717, 1.165) is 21.9 Å². The number of amides is 1. The van der Waals surface area contributed by atoms with Gasteiger partial charge in [-0.2, -0.15) is 5.26 Å². The van der Waals surface area contributed by atoms with E-state index >= 15 is 0 Å². The number of nitriles is 1. The molecule has 0 spiro atoms. The number of likely N-dealkylation sites (N-methyl/N-ethyl adjacent to an activating group) is 1. The molecule has 1 aliphatic heterocycles. The predicted molar refractivity (Wildman–Crippen MR) is 110 cm³/mol. The van der Waals surface area contributed by atoms with E-state index in [9.17, 15) is 10.1 Å². The molecule has 5 heteroatoms. The fraction of sp³-hybridized carbons (Fsp3) is 0.174. The Balaban J connectivity index is 2.02. The standard InChI is InChI=1S/C23H20N4O/c1-23(17-10-5-7-15(13-17)14-24)20(21(28)27(2)22(25)26-23)19-12-6-9-16-8-3-4-11-18(16)19/h3-13,20H,1-2H3,(H2,25,26)/t20-,23-/m1/s1. The average Bonchev–Trinajstić information content (AvgIpc) is 2.72. The first-order valence-corrected chi connectivity index (χ1v) is 9.07. The summed E-state index contributed by atoms with van der Waals surface area (Å²) in [7, 11) is 1.64. The lowest BCUT2D eigenvalue weighted by Crippen LogP contribution is -2.52. The molecule has 5 nitrogen and oxygen atoms in total. The largest absolute Gasteiger partial charge is 0.369 e. The highest BCUT2D eigenvalue weighted by atomic mass is 16.2. The molecule has 3 aromatic carbocycles. The Hall–Kier alpha value is -3.65. The van der Waals surface area contributed by atoms with E-state index in [1.807, 2.05) is 61.5 Å². The first-order chi connectivity index (χ1) is 13.5. The molecule has 0 saturated carbocycles. The highest BCUT2D eigenvalue weighted by molar-refractivity contribution is 6.04. The van der Waals surface area contributed by atoms with Crippen LogP contribution in [0, 0.1) is 11.3 Å². The third-order valence-corrected chi connectivity index (χ3v) is 5.54. The molecule has 1 heterocycles. The number of fused-ring (bicyclic) bond motifs is 1. The van der Waals surface area contributed by atoms with Gasteiger partial charge < -0.3 is 5.73 Å². The molecule has 0 bridgehead atoms. The first-order valence-electron chi connectivity index (χ1n) is 9.07. The van der Waals surface area contributed by atoms with Crippen molar-refractivity contribution in [1.82, 2.24) is 4.90 Å². The van der Waals surface area contributed by atoms with Gasteiger partial charge >= 0.3 is 0 Å². The number of hydrogen-bond acceptors (Lipinski definition) is 4. The van der Waals surface area contributed by atoms with Crippen molar-refractivity contribution in [3.8, 4) is 6.07 Å². The molecule has 1 aliphatic rings. The fourth-order valence-corrected chi connectivity index (χ4v) is 4.00. The Labute approximate surface area is 163 Å². The van der Waals surface area contributed by atoms with Crippen LogP contribution in [0.2, 0.25) is 0 Å². The summed E-state index contributed by atoms with van der Waals surface area (Å²) in [6.45, 7) is 1.91. The molecule has 138 valence electrons. The Morgan fingerprint density at radius 3 is 2.61 bits per heavy atom. The minimum Gasteiger partial charge on any atom is -0.369 e. The number of guanidine groups is 1. The Morgan fingerprint density at radius 1 is 1.11 bits per heavy atom. The van der Waals surface area contributed by atoms with Crippen molar-refractivity contribution >= 4 is 22.6 Å². The van der Waals surface area contributed by atoms with Gasteiger partial charge in [-0.15, -0.1) is 0 Å². The van der Waals surface area contributed by atoms with Gasteiger partial charge in [-0.25, -0.2) is 4.99 Å². The van der Waals surface area contributed by atoms with Crippen LogP contribution in [0.4, 0.5) is 0 Å². The van der Waals surface area contributed by atoms with Crippen LogP contribution in [0.1, 0.15) is 29.5 Å². The maximum atomic E-state index is 13.4. The van der Waals surface area contributed by atoms with Gasteiger partial charge in [-0.1, -0.05) is 54.6 Å². The van der Waals surface area contributed by atoms with Gasteiger partial charge in [-0.3, -0.25) is 9.69 Å². The maximum absolute atomic E-state index is 13.4. The molecule has 4 rings (SSSR count). The summed E-state index contributed by atoms with van der Waals surface area (Å²) in [4.78, 5) is 19.6. The third kappa shape index (κ3) is 2.62. The molecule has 1 amide bonds. The number of rotatable bonds is 2. The Bertz CT molecular complexity index is 1160. The summed E-state index contributed by atoms with van der Waals surface area (Å²) < 4.78 is 0. The SMILES string of the molecule is CN1C(=O)[C@@H](c2cccc3ccccc23)[C@@](C)(c2cccc(C#N)c2)N=C1N. The van der Waals surface area contributed by atoms with E-state index in [1.165, 1.54) is 4.90 Å².